The summed E-state index contributed by atoms with van der Waals surface area (Å²) >= 11 is 0. The van der Waals surface area contributed by atoms with Gasteiger partial charge in [-0.1, -0.05) is 83.3 Å². The number of benzene rings is 1. The molecule has 0 N–H and O–H groups in total. The number of rotatable bonds is 11. The van der Waals surface area contributed by atoms with Crippen molar-refractivity contribution in [2.75, 3.05) is 7.11 Å². The zero-order valence-electron chi connectivity index (χ0n) is 18.7. The number of halogens is 1. The molecule has 0 aliphatic heterocycles. The van der Waals surface area contributed by atoms with Gasteiger partial charge in [-0.2, -0.15) is 0 Å². The highest BCUT2D eigenvalue weighted by molar-refractivity contribution is 5.59. The summed E-state index contributed by atoms with van der Waals surface area (Å²) in [4.78, 5) is 0. The van der Waals surface area contributed by atoms with Crippen LogP contribution in [0.25, 0.3) is 11.3 Å². The Morgan fingerprint density at radius 2 is 1.63 bits per heavy atom. The summed E-state index contributed by atoms with van der Waals surface area (Å²) in [5.41, 5.74) is 2.23. The highest BCUT2D eigenvalue weighted by Crippen LogP contribution is 2.34. The normalized spacial score (nSPS) is 19.0. The second-order valence-electron chi connectivity index (χ2n) is 8.90. The number of methoxy groups -OCH3 is 1. The smallest absolute Gasteiger partial charge is 0.233 e. The quantitative estimate of drug-likeness (QED) is 0.361. The minimum absolute atomic E-state index is 0.133. The number of nitrogens with zero attached hydrogens (tertiary/aromatic N) is 2. The maximum Gasteiger partial charge on any atom is 0.233 e. The fourth-order valence-electron chi connectivity index (χ4n) is 4.70. The number of hydrogen-bond donors (Lipinski definition) is 0. The second kappa shape index (κ2) is 12.0. The van der Waals surface area contributed by atoms with Gasteiger partial charge >= 0.3 is 0 Å². The van der Waals surface area contributed by atoms with E-state index < -0.39 is 0 Å². The zero-order chi connectivity index (χ0) is 21.2. The molecule has 0 amide bonds. The van der Waals surface area contributed by atoms with Crippen molar-refractivity contribution in [1.82, 2.24) is 10.2 Å². The predicted molar refractivity (Wildman–Crippen MR) is 121 cm³/mol. The molecule has 1 heterocycles. The first-order valence-corrected chi connectivity index (χ1v) is 11.9. The molecular weight excluding hydrogens is 375 g/mol. The van der Waals surface area contributed by atoms with Crippen LogP contribution in [-0.2, 0) is 6.42 Å². The van der Waals surface area contributed by atoms with Crippen LogP contribution in [0.3, 0.4) is 0 Å². The lowest BCUT2D eigenvalue weighted by atomic mass is 9.77. The van der Waals surface area contributed by atoms with E-state index in [1.807, 2.05) is 18.2 Å². The van der Waals surface area contributed by atoms with E-state index in [0.717, 1.165) is 35.8 Å². The topological polar surface area (TPSA) is 35.0 Å². The van der Waals surface area contributed by atoms with Crippen LogP contribution in [0.15, 0.2) is 30.3 Å². The second-order valence-corrected chi connectivity index (χ2v) is 8.90. The third-order valence-electron chi connectivity index (χ3n) is 6.70. The Labute approximate surface area is 181 Å². The molecule has 3 nitrogen and oxygen atoms in total. The van der Waals surface area contributed by atoms with Crippen molar-refractivity contribution in [2.45, 2.75) is 84.0 Å². The standard InChI is InChI=1S/C26H37FN2O/c1-3-4-5-6-7-8-20-9-11-21(12-10-20)13-14-22-15-16-23(19-24(22)27)25-17-18-26(30-2)29-28-25/h15-21H,3-14H2,1-2H3. The molecule has 0 unspecified atom stereocenters. The van der Waals surface area contributed by atoms with E-state index in [4.69, 9.17) is 4.74 Å². The largest absolute Gasteiger partial charge is 0.480 e. The van der Waals surface area contributed by atoms with Crippen molar-refractivity contribution < 1.29 is 9.13 Å². The first kappa shape index (κ1) is 22.7. The molecular formula is C26H37FN2O. The van der Waals surface area contributed by atoms with E-state index in [1.165, 1.54) is 64.2 Å². The average Bonchev–Trinajstić information content (AvgIpc) is 2.79. The van der Waals surface area contributed by atoms with Crippen LogP contribution in [0.2, 0.25) is 0 Å². The Morgan fingerprint density at radius 1 is 0.900 bits per heavy atom. The van der Waals surface area contributed by atoms with Gasteiger partial charge in [-0.15, -0.1) is 10.2 Å². The molecule has 0 bridgehead atoms. The van der Waals surface area contributed by atoms with Gasteiger partial charge in [0.25, 0.3) is 0 Å². The van der Waals surface area contributed by atoms with E-state index >= 15 is 0 Å². The summed E-state index contributed by atoms with van der Waals surface area (Å²) in [6.45, 7) is 2.27. The van der Waals surface area contributed by atoms with Crippen LogP contribution < -0.4 is 4.74 Å². The lowest BCUT2D eigenvalue weighted by Gasteiger charge is -2.28. The Bertz CT molecular complexity index is 754. The van der Waals surface area contributed by atoms with Crippen molar-refractivity contribution >= 4 is 0 Å². The number of aryl methyl sites for hydroxylation is 1. The van der Waals surface area contributed by atoms with Gasteiger partial charge in [-0.05, 0) is 42.4 Å². The molecule has 0 atom stereocenters. The third kappa shape index (κ3) is 6.78. The van der Waals surface area contributed by atoms with Crippen LogP contribution in [0.1, 0.15) is 83.1 Å². The molecule has 1 aliphatic carbocycles. The fourth-order valence-corrected chi connectivity index (χ4v) is 4.70. The van der Waals surface area contributed by atoms with Gasteiger partial charge in [-0.3, -0.25) is 0 Å². The van der Waals surface area contributed by atoms with Crippen molar-refractivity contribution in [2.24, 2.45) is 11.8 Å². The van der Waals surface area contributed by atoms with Gasteiger partial charge in [0.15, 0.2) is 0 Å². The van der Waals surface area contributed by atoms with Crippen LogP contribution in [0.4, 0.5) is 4.39 Å². The lowest BCUT2D eigenvalue weighted by molar-refractivity contribution is 0.248. The first-order chi connectivity index (χ1) is 14.7. The number of hydrogen-bond acceptors (Lipinski definition) is 3. The summed E-state index contributed by atoms with van der Waals surface area (Å²) in [6, 6.07) is 9.00. The monoisotopic (exact) mass is 412 g/mol. The first-order valence-electron chi connectivity index (χ1n) is 11.9. The molecule has 3 rings (SSSR count). The minimum Gasteiger partial charge on any atom is -0.480 e. The molecule has 0 radical (unpaired) electrons. The molecule has 1 aliphatic rings. The van der Waals surface area contributed by atoms with Gasteiger partial charge in [0, 0.05) is 11.6 Å². The Morgan fingerprint density at radius 3 is 2.27 bits per heavy atom. The van der Waals surface area contributed by atoms with Crippen molar-refractivity contribution in [3.05, 3.63) is 41.7 Å². The number of unbranched alkanes of at least 4 members (excludes halogenated alkanes) is 4. The van der Waals surface area contributed by atoms with E-state index in [9.17, 15) is 4.39 Å². The number of aromatic nitrogens is 2. The maximum atomic E-state index is 14.7. The molecule has 1 aromatic heterocycles. The molecule has 1 saturated carbocycles. The maximum absolute atomic E-state index is 14.7. The van der Waals surface area contributed by atoms with E-state index in [0.29, 0.717) is 11.6 Å². The van der Waals surface area contributed by atoms with E-state index in [2.05, 4.69) is 17.1 Å². The van der Waals surface area contributed by atoms with Gasteiger partial charge < -0.3 is 4.74 Å². The van der Waals surface area contributed by atoms with Crippen LogP contribution in [-0.4, -0.2) is 17.3 Å². The average molecular weight is 413 g/mol. The summed E-state index contributed by atoms with van der Waals surface area (Å²) < 4.78 is 19.7. The van der Waals surface area contributed by atoms with E-state index in [-0.39, 0.29) is 5.82 Å². The molecule has 30 heavy (non-hydrogen) atoms. The van der Waals surface area contributed by atoms with Gasteiger partial charge in [0.2, 0.25) is 5.88 Å². The predicted octanol–water partition coefficient (Wildman–Crippen LogP) is 7.39. The number of ether oxygens (including phenoxy) is 1. The lowest BCUT2D eigenvalue weighted by Crippen LogP contribution is -2.15. The van der Waals surface area contributed by atoms with Crippen LogP contribution in [0.5, 0.6) is 5.88 Å². The van der Waals surface area contributed by atoms with Crippen molar-refractivity contribution in [3.8, 4) is 17.1 Å². The molecule has 164 valence electrons. The van der Waals surface area contributed by atoms with Crippen molar-refractivity contribution in [1.29, 1.82) is 0 Å². The highest BCUT2D eigenvalue weighted by atomic mass is 19.1. The molecule has 2 aromatic rings. The molecule has 4 heteroatoms. The molecule has 0 spiro atoms. The van der Waals surface area contributed by atoms with Gasteiger partial charge in [0.1, 0.15) is 5.82 Å². The summed E-state index contributed by atoms with van der Waals surface area (Å²) in [6.07, 6.45) is 15.7. The molecule has 0 saturated heterocycles. The minimum atomic E-state index is -0.133. The van der Waals surface area contributed by atoms with Crippen LogP contribution in [0, 0.1) is 17.7 Å². The zero-order valence-corrected chi connectivity index (χ0v) is 18.7. The Kier molecular flexibility index (Phi) is 9.10. The molecule has 1 fully saturated rings. The summed E-state index contributed by atoms with van der Waals surface area (Å²) in [5, 5.41) is 8.08. The SMILES string of the molecule is CCCCCCCC1CCC(CCc2ccc(-c3ccc(OC)nn3)cc2F)CC1. The van der Waals surface area contributed by atoms with Crippen molar-refractivity contribution in [3.63, 3.8) is 0 Å². The summed E-state index contributed by atoms with van der Waals surface area (Å²) in [7, 11) is 1.55. The van der Waals surface area contributed by atoms with E-state index in [1.54, 1.807) is 19.2 Å². The highest BCUT2D eigenvalue weighted by Gasteiger charge is 2.21. The molecule has 1 aromatic carbocycles. The Balaban J connectivity index is 1.42. The third-order valence-corrected chi connectivity index (χ3v) is 6.70. The van der Waals surface area contributed by atoms with Gasteiger partial charge in [-0.25, -0.2) is 4.39 Å². The van der Waals surface area contributed by atoms with Crippen LogP contribution >= 0.6 is 0 Å². The van der Waals surface area contributed by atoms with Gasteiger partial charge in [0.05, 0.1) is 12.8 Å². The fraction of sp³-hybridized carbons (Fsp3) is 0.615. The summed E-state index contributed by atoms with van der Waals surface area (Å²) in [5.74, 6) is 2.02. The Hall–Kier alpha value is -1.97.